The van der Waals surface area contributed by atoms with Gasteiger partial charge < -0.3 is 4.90 Å². The van der Waals surface area contributed by atoms with E-state index in [0.717, 1.165) is 28.3 Å². The Bertz CT molecular complexity index is 602. The standard InChI is InChI=1S/C15H16BrClN2/c1-10-5-7-19(15(10)9-16)14-4-6-18-13-8-11(17)2-3-12(13)14/h2-4,6,8,10,15H,5,7,9H2,1H3. The molecule has 0 amide bonds. The van der Waals surface area contributed by atoms with Gasteiger partial charge in [0.15, 0.2) is 0 Å². The summed E-state index contributed by atoms with van der Waals surface area (Å²) in [5, 5.41) is 2.93. The molecule has 1 aliphatic heterocycles. The Labute approximate surface area is 126 Å². The number of rotatable bonds is 2. The summed E-state index contributed by atoms with van der Waals surface area (Å²) in [5.41, 5.74) is 2.24. The molecular weight excluding hydrogens is 324 g/mol. The molecule has 19 heavy (non-hydrogen) atoms. The Morgan fingerprint density at radius 1 is 1.42 bits per heavy atom. The van der Waals surface area contributed by atoms with E-state index in [1.807, 2.05) is 18.3 Å². The fourth-order valence-electron chi connectivity index (χ4n) is 2.90. The van der Waals surface area contributed by atoms with Crippen LogP contribution in [0.3, 0.4) is 0 Å². The minimum absolute atomic E-state index is 0.557. The molecule has 1 aromatic carbocycles. The minimum Gasteiger partial charge on any atom is -0.367 e. The lowest BCUT2D eigenvalue weighted by Crippen LogP contribution is -2.33. The Kier molecular flexibility index (Phi) is 3.68. The normalized spacial score (nSPS) is 23.2. The van der Waals surface area contributed by atoms with Gasteiger partial charge in [-0.1, -0.05) is 34.5 Å². The van der Waals surface area contributed by atoms with Crippen LogP contribution in [0, 0.1) is 5.92 Å². The molecular formula is C15H16BrClN2. The first-order valence-corrected chi connectivity index (χ1v) is 8.07. The monoisotopic (exact) mass is 338 g/mol. The maximum Gasteiger partial charge on any atom is 0.0737 e. The van der Waals surface area contributed by atoms with E-state index in [2.05, 4.69) is 44.9 Å². The number of aromatic nitrogens is 1. The molecule has 2 heterocycles. The quantitative estimate of drug-likeness (QED) is 0.749. The highest BCUT2D eigenvalue weighted by Gasteiger charge is 2.31. The molecule has 0 aliphatic carbocycles. The number of halogens is 2. The molecule has 1 fully saturated rings. The van der Waals surface area contributed by atoms with E-state index in [-0.39, 0.29) is 0 Å². The van der Waals surface area contributed by atoms with E-state index >= 15 is 0 Å². The SMILES string of the molecule is CC1CCN(c2ccnc3cc(Cl)ccc23)C1CBr. The average molecular weight is 340 g/mol. The smallest absolute Gasteiger partial charge is 0.0737 e. The van der Waals surface area contributed by atoms with Crippen molar-refractivity contribution in [3.63, 3.8) is 0 Å². The van der Waals surface area contributed by atoms with Crippen LogP contribution in [0.5, 0.6) is 0 Å². The van der Waals surface area contributed by atoms with Crippen LogP contribution in [-0.4, -0.2) is 22.9 Å². The predicted octanol–water partition coefficient (Wildman–Crippen LogP) is 4.50. The van der Waals surface area contributed by atoms with Crippen LogP contribution in [-0.2, 0) is 0 Å². The lowest BCUT2D eigenvalue weighted by atomic mass is 10.0. The molecule has 2 aromatic rings. The lowest BCUT2D eigenvalue weighted by Gasteiger charge is -2.28. The zero-order valence-electron chi connectivity index (χ0n) is 10.8. The molecule has 0 bridgehead atoms. The lowest BCUT2D eigenvalue weighted by molar-refractivity contribution is 0.555. The van der Waals surface area contributed by atoms with Crippen molar-refractivity contribution in [3.05, 3.63) is 35.5 Å². The van der Waals surface area contributed by atoms with Gasteiger partial charge in [-0.05, 0) is 36.6 Å². The second kappa shape index (κ2) is 5.29. The summed E-state index contributed by atoms with van der Waals surface area (Å²) in [4.78, 5) is 6.92. The maximum absolute atomic E-state index is 6.05. The first kappa shape index (κ1) is 13.2. The summed E-state index contributed by atoms with van der Waals surface area (Å²) in [6.07, 6.45) is 3.12. The molecule has 1 aliphatic rings. The number of nitrogens with zero attached hydrogens (tertiary/aromatic N) is 2. The van der Waals surface area contributed by atoms with Crippen molar-refractivity contribution in [3.8, 4) is 0 Å². The van der Waals surface area contributed by atoms with Crippen molar-refractivity contribution >= 4 is 44.1 Å². The van der Waals surface area contributed by atoms with Gasteiger partial charge in [-0.25, -0.2) is 0 Å². The van der Waals surface area contributed by atoms with Gasteiger partial charge >= 0.3 is 0 Å². The highest BCUT2D eigenvalue weighted by Crippen LogP contribution is 2.35. The summed E-state index contributed by atoms with van der Waals surface area (Å²) in [5.74, 6) is 0.717. The summed E-state index contributed by atoms with van der Waals surface area (Å²) < 4.78 is 0. The average Bonchev–Trinajstić information content (AvgIpc) is 2.78. The third-order valence-corrected chi connectivity index (χ3v) is 4.93. The molecule has 0 spiro atoms. The second-order valence-electron chi connectivity index (χ2n) is 5.17. The number of benzene rings is 1. The second-order valence-corrected chi connectivity index (χ2v) is 6.26. The Morgan fingerprint density at radius 3 is 3.05 bits per heavy atom. The molecule has 2 nitrogen and oxygen atoms in total. The molecule has 4 heteroatoms. The van der Waals surface area contributed by atoms with Crippen molar-refractivity contribution in [1.29, 1.82) is 0 Å². The van der Waals surface area contributed by atoms with Crippen molar-refractivity contribution in [2.75, 3.05) is 16.8 Å². The van der Waals surface area contributed by atoms with E-state index in [0.29, 0.717) is 6.04 Å². The Hall–Kier alpha value is -0.800. The van der Waals surface area contributed by atoms with E-state index < -0.39 is 0 Å². The number of fused-ring (bicyclic) bond motifs is 1. The van der Waals surface area contributed by atoms with Crippen LogP contribution >= 0.6 is 27.5 Å². The van der Waals surface area contributed by atoms with E-state index in [1.54, 1.807) is 0 Å². The number of hydrogen-bond donors (Lipinski definition) is 0. The van der Waals surface area contributed by atoms with Gasteiger partial charge in [-0.15, -0.1) is 0 Å². The largest absolute Gasteiger partial charge is 0.367 e. The van der Waals surface area contributed by atoms with Crippen molar-refractivity contribution in [2.24, 2.45) is 5.92 Å². The summed E-state index contributed by atoms with van der Waals surface area (Å²) in [7, 11) is 0. The third-order valence-electron chi connectivity index (χ3n) is 4.03. The fraction of sp³-hybridized carbons (Fsp3) is 0.400. The van der Waals surface area contributed by atoms with Crippen LogP contribution in [0.2, 0.25) is 5.02 Å². The molecule has 1 saturated heterocycles. The summed E-state index contributed by atoms with van der Waals surface area (Å²) in [6, 6.07) is 8.63. The van der Waals surface area contributed by atoms with Gasteiger partial charge in [0.05, 0.1) is 5.52 Å². The Balaban J connectivity index is 2.10. The third kappa shape index (κ3) is 2.34. The molecule has 2 atom stereocenters. The molecule has 100 valence electrons. The summed E-state index contributed by atoms with van der Waals surface area (Å²) in [6.45, 7) is 3.44. The van der Waals surface area contributed by atoms with Crippen LogP contribution in [0.25, 0.3) is 10.9 Å². The van der Waals surface area contributed by atoms with Crippen LogP contribution in [0.1, 0.15) is 13.3 Å². The zero-order chi connectivity index (χ0) is 13.4. The van der Waals surface area contributed by atoms with Crippen molar-refractivity contribution in [1.82, 2.24) is 4.98 Å². The van der Waals surface area contributed by atoms with Crippen LogP contribution in [0.15, 0.2) is 30.5 Å². The molecule has 0 radical (unpaired) electrons. The minimum atomic E-state index is 0.557. The molecule has 0 saturated carbocycles. The van der Waals surface area contributed by atoms with E-state index in [1.165, 1.54) is 17.5 Å². The van der Waals surface area contributed by atoms with Crippen molar-refractivity contribution < 1.29 is 0 Å². The van der Waals surface area contributed by atoms with Gasteiger partial charge in [-0.2, -0.15) is 0 Å². The Morgan fingerprint density at radius 2 is 2.26 bits per heavy atom. The fourth-order valence-corrected chi connectivity index (χ4v) is 4.05. The van der Waals surface area contributed by atoms with Crippen LogP contribution < -0.4 is 4.90 Å². The number of anilines is 1. The topological polar surface area (TPSA) is 16.1 Å². The number of hydrogen-bond acceptors (Lipinski definition) is 2. The summed E-state index contributed by atoms with van der Waals surface area (Å²) >= 11 is 9.70. The van der Waals surface area contributed by atoms with Crippen LogP contribution in [0.4, 0.5) is 5.69 Å². The van der Waals surface area contributed by atoms with Gasteiger partial charge in [0.25, 0.3) is 0 Å². The van der Waals surface area contributed by atoms with Gasteiger partial charge in [-0.3, -0.25) is 4.98 Å². The number of pyridine rings is 1. The molecule has 3 rings (SSSR count). The van der Waals surface area contributed by atoms with Gasteiger partial charge in [0.1, 0.15) is 0 Å². The predicted molar refractivity (Wildman–Crippen MR) is 85.5 cm³/mol. The molecule has 1 aromatic heterocycles. The van der Waals surface area contributed by atoms with Crippen molar-refractivity contribution in [2.45, 2.75) is 19.4 Å². The molecule has 2 unspecified atom stereocenters. The number of alkyl halides is 1. The highest BCUT2D eigenvalue weighted by molar-refractivity contribution is 9.09. The van der Waals surface area contributed by atoms with E-state index in [9.17, 15) is 0 Å². The first-order chi connectivity index (χ1) is 9.20. The van der Waals surface area contributed by atoms with E-state index in [4.69, 9.17) is 11.6 Å². The first-order valence-electron chi connectivity index (χ1n) is 6.57. The molecule has 0 N–H and O–H groups in total. The van der Waals surface area contributed by atoms with Gasteiger partial charge in [0, 0.05) is 40.2 Å². The van der Waals surface area contributed by atoms with Gasteiger partial charge in [0.2, 0.25) is 0 Å². The highest BCUT2D eigenvalue weighted by atomic mass is 79.9. The maximum atomic E-state index is 6.05. The zero-order valence-corrected chi connectivity index (χ0v) is 13.2.